The summed E-state index contributed by atoms with van der Waals surface area (Å²) in [6.07, 6.45) is 0.353. The van der Waals surface area contributed by atoms with Crippen molar-refractivity contribution in [3.8, 4) is 16.9 Å². The molecule has 0 aliphatic carbocycles. The van der Waals surface area contributed by atoms with Gasteiger partial charge >= 0.3 is 0 Å². The Bertz CT molecular complexity index is 1740. The normalized spacial score (nSPS) is 12.0. The first kappa shape index (κ1) is 25.0. The van der Waals surface area contributed by atoms with Gasteiger partial charge in [0.05, 0.1) is 22.0 Å². The molecule has 0 aliphatic rings. The van der Waals surface area contributed by atoms with E-state index in [1.165, 1.54) is 34.1 Å². The summed E-state index contributed by atoms with van der Waals surface area (Å²) in [5, 5.41) is 21.6. The number of benzene rings is 2. The van der Waals surface area contributed by atoms with E-state index in [-0.39, 0.29) is 11.2 Å². The van der Waals surface area contributed by atoms with Crippen LogP contribution in [0.2, 0.25) is 0 Å². The van der Waals surface area contributed by atoms with Crippen molar-refractivity contribution in [2.45, 2.75) is 33.2 Å². The Balaban J connectivity index is 1.54. The average molecular weight is 529 g/mol. The molecule has 0 radical (unpaired) electrons. The van der Waals surface area contributed by atoms with Crippen molar-refractivity contribution in [1.29, 1.82) is 0 Å². The molecule has 3 aromatic heterocycles. The molecule has 0 fully saturated rings. The van der Waals surface area contributed by atoms with E-state index in [1.54, 1.807) is 22.2 Å². The number of aromatic nitrogens is 4. The minimum atomic E-state index is -0.825. The highest BCUT2D eigenvalue weighted by atomic mass is 32.1. The predicted octanol–water partition coefficient (Wildman–Crippen LogP) is 5.43. The van der Waals surface area contributed by atoms with E-state index in [0.717, 1.165) is 22.3 Å². The third kappa shape index (κ3) is 4.48. The van der Waals surface area contributed by atoms with Crippen molar-refractivity contribution in [2.75, 3.05) is 5.32 Å². The average Bonchev–Trinajstić information content (AvgIpc) is 3.51. The Morgan fingerprint density at radius 2 is 1.89 bits per heavy atom. The summed E-state index contributed by atoms with van der Waals surface area (Å²) < 4.78 is 3.21. The van der Waals surface area contributed by atoms with Gasteiger partial charge in [-0.1, -0.05) is 37.3 Å². The molecule has 192 valence electrons. The van der Waals surface area contributed by atoms with Gasteiger partial charge in [0.1, 0.15) is 11.7 Å². The first-order valence-electron chi connectivity index (χ1n) is 12.0. The molecule has 11 heteroatoms. The molecule has 1 amide bonds. The van der Waals surface area contributed by atoms with Crippen LogP contribution in [-0.4, -0.2) is 30.2 Å². The molecule has 1 N–H and O–H groups in total. The monoisotopic (exact) mass is 528 g/mol. The van der Waals surface area contributed by atoms with Gasteiger partial charge in [-0.05, 0) is 38.0 Å². The van der Waals surface area contributed by atoms with Crippen LogP contribution >= 0.6 is 11.3 Å². The van der Waals surface area contributed by atoms with Crippen molar-refractivity contribution in [2.24, 2.45) is 0 Å². The van der Waals surface area contributed by atoms with Crippen LogP contribution in [0.1, 0.15) is 30.6 Å². The molecular weight excluding hydrogens is 504 g/mol. The fraction of sp³-hybridized carbons (Fsp3) is 0.185. The van der Waals surface area contributed by atoms with Gasteiger partial charge in [-0.2, -0.15) is 5.10 Å². The lowest BCUT2D eigenvalue weighted by Gasteiger charge is -2.20. The highest BCUT2D eigenvalue weighted by Crippen LogP contribution is 2.30. The largest absolute Gasteiger partial charge is 0.300 e. The lowest BCUT2D eigenvalue weighted by atomic mass is 10.1. The SMILES string of the molecule is CCC(C(=O)Nc1nc(-c2cccc([N+](=O)[O-])c2)cs1)n1c(=O)cc(C)c2c(C)nn(-c3ccccc3)c21. The number of rotatable bonds is 7. The Morgan fingerprint density at radius 3 is 2.61 bits per heavy atom. The van der Waals surface area contributed by atoms with Crippen LogP contribution in [0.3, 0.4) is 0 Å². The summed E-state index contributed by atoms with van der Waals surface area (Å²) in [5.74, 6) is -0.391. The number of para-hydroxylation sites is 1. The van der Waals surface area contributed by atoms with Gasteiger partial charge in [0, 0.05) is 34.5 Å². The quantitative estimate of drug-likeness (QED) is 0.222. The number of amides is 1. The number of anilines is 1. The van der Waals surface area contributed by atoms with Gasteiger partial charge < -0.3 is 5.32 Å². The predicted molar refractivity (Wildman–Crippen MR) is 147 cm³/mol. The molecule has 3 heterocycles. The van der Waals surface area contributed by atoms with Crippen LogP contribution in [0.15, 0.2) is 70.8 Å². The minimum Gasteiger partial charge on any atom is -0.300 e. The summed E-state index contributed by atoms with van der Waals surface area (Å²) in [6.45, 7) is 5.59. The minimum absolute atomic E-state index is 0.0415. The number of fused-ring (bicyclic) bond motifs is 1. The number of nitrogens with zero attached hydrogens (tertiary/aromatic N) is 5. The Hall–Kier alpha value is -4.64. The molecule has 5 aromatic rings. The molecule has 0 bridgehead atoms. The van der Waals surface area contributed by atoms with E-state index in [4.69, 9.17) is 5.10 Å². The van der Waals surface area contributed by atoms with Crippen LogP contribution in [0.4, 0.5) is 10.8 Å². The molecule has 0 spiro atoms. The number of pyridine rings is 1. The number of carbonyl (C=O) groups excluding carboxylic acids is 1. The van der Waals surface area contributed by atoms with Crippen molar-refractivity contribution >= 4 is 39.1 Å². The van der Waals surface area contributed by atoms with Crippen LogP contribution in [0.5, 0.6) is 0 Å². The van der Waals surface area contributed by atoms with Gasteiger partial charge in [0.2, 0.25) is 5.91 Å². The van der Waals surface area contributed by atoms with Gasteiger partial charge in [0.25, 0.3) is 11.2 Å². The van der Waals surface area contributed by atoms with Crippen molar-refractivity contribution in [3.63, 3.8) is 0 Å². The lowest BCUT2D eigenvalue weighted by molar-refractivity contribution is -0.384. The molecule has 5 rings (SSSR count). The number of thiazole rings is 1. The summed E-state index contributed by atoms with van der Waals surface area (Å²) >= 11 is 1.21. The smallest absolute Gasteiger partial charge is 0.270 e. The van der Waals surface area contributed by atoms with E-state index in [0.29, 0.717) is 28.5 Å². The van der Waals surface area contributed by atoms with Crippen molar-refractivity contribution in [1.82, 2.24) is 19.3 Å². The summed E-state index contributed by atoms with van der Waals surface area (Å²) in [5.41, 5.74) is 3.62. The second kappa shape index (κ2) is 10.0. The van der Waals surface area contributed by atoms with Gasteiger partial charge in [-0.3, -0.25) is 24.3 Å². The number of carbonyl (C=O) groups is 1. The number of nitrogens with one attached hydrogen (secondary N) is 1. The zero-order valence-corrected chi connectivity index (χ0v) is 21.7. The first-order valence-corrected chi connectivity index (χ1v) is 12.8. The number of non-ortho nitro benzene ring substituents is 1. The van der Waals surface area contributed by atoms with E-state index in [9.17, 15) is 19.7 Å². The molecule has 0 aliphatic heterocycles. The number of nitro groups is 1. The van der Waals surface area contributed by atoms with Crippen molar-refractivity contribution in [3.05, 3.63) is 97.8 Å². The van der Waals surface area contributed by atoms with E-state index in [1.807, 2.05) is 51.1 Å². The first-order chi connectivity index (χ1) is 18.3. The fourth-order valence-electron chi connectivity index (χ4n) is 4.60. The zero-order valence-electron chi connectivity index (χ0n) is 20.9. The second-order valence-electron chi connectivity index (χ2n) is 8.83. The Labute approximate surface area is 221 Å². The zero-order chi connectivity index (χ0) is 27.0. The maximum atomic E-state index is 13.5. The van der Waals surface area contributed by atoms with Crippen LogP contribution in [0, 0.1) is 24.0 Å². The van der Waals surface area contributed by atoms with E-state index < -0.39 is 16.9 Å². The van der Waals surface area contributed by atoms with Gasteiger partial charge in [0.15, 0.2) is 5.13 Å². The molecule has 10 nitrogen and oxygen atoms in total. The lowest BCUT2D eigenvalue weighted by Crippen LogP contribution is -2.34. The van der Waals surface area contributed by atoms with Gasteiger partial charge in [-0.15, -0.1) is 11.3 Å². The maximum Gasteiger partial charge on any atom is 0.270 e. The Morgan fingerprint density at radius 1 is 1.13 bits per heavy atom. The molecular formula is C27H24N6O4S. The highest BCUT2D eigenvalue weighted by Gasteiger charge is 2.27. The molecule has 0 saturated heterocycles. The summed E-state index contributed by atoms with van der Waals surface area (Å²) in [4.78, 5) is 42.0. The van der Waals surface area contributed by atoms with Crippen LogP contribution in [-0.2, 0) is 4.79 Å². The highest BCUT2D eigenvalue weighted by molar-refractivity contribution is 7.14. The maximum absolute atomic E-state index is 13.5. The second-order valence-corrected chi connectivity index (χ2v) is 9.68. The van der Waals surface area contributed by atoms with E-state index >= 15 is 0 Å². The summed E-state index contributed by atoms with van der Waals surface area (Å²) in [7, 11) is 0. The molecule has 1 unspecified atom stereocenters. The topological polar surface area (TPSA) is 125 Å². The molecule has 38 heavy (non-hydrogen) atoms. The molecule has 0 saturated carbocycles. The number of nitro benzene ring substituents is 1. The van der Waals surface area contributed by atoms with E-state index in [2.05, 4.69) is 10.3 Å². The van der Waals surface area contributed by atoms with Crippen LogP contribution < -0.4 is 10.9 Å². The molecule has 1 atom stereocenters. The fourth-order valence-corrected chi connectivity index (χ4v) is 5.32. The number of hydrogen-bond donors (Lipinski definition) is 1. The Kier molecular flexibility index (Phi) is 6.60. The summed E-state index contributed by atoms with van der Waals surface area (Å²) in [6, 6.07) is 16.3. The third-order valence-corrected chi connectivity index (χ3v) is 7.08. The number of aryl methyl sites for hydroxylation is 2. The third-order valence-electron chi connectivity index (χ3n) is 6.32. The number of hydrogen-bond acceptors (Lipinski definition) is 7. The van der Waals surface area contributed by atoms with Crippen LogP contribution in [0.25, 0.3) is 28.0 Å². The van der Waals surface area contributed by atoms with Gasteiger partial charge in [-0.25, -0.2) is 9.67 Å². The molecule has 2 aromatic carbocycles. The van der Waals surface area contributed by atoms with Crippen molar-refractivity contribution < 1.29 is 9.72 Å². The standard InChI is InChI=1S/C27H24N6O4S/c1-4-22(25(35)29-27-28-21(15-38-27)18-9-8-12-20(14-18)33(36)37)31-23(34)13-16(2)24-17(3)30-32(26(24)31)19-10-6-5-7-11-19/h5-15,22H,4H2,1-3H3,(H,28,29,35).